The van der Waals surface area contributed by atoms with Crippen LogP contribution >= 0.6 is 11.3 Å². The second-order valence-corrected chi connectivity index (χ2v) is 5.33. The molecular formula is C14H12N4O2S. The molecule has 1 atom stereocenters. The number of rotatable bonds is 4. The molecule has 106 valence electrons. The van der Waals surface area contributed by atoms with Crippen LogP contribution in [-0.4, -0.2) is 20.9 Å². The van der Waals surface area contributed by atoms with Crippen molar-refractivity contribution in [3.8, 4) is 22.3 Å². The third kappa shape index (κ3) is 2.68. The SMILES string of the molecule is CC(C(N)=O)c1cc(-c2nccs2)nc(-c2ccco2)n1. The van der Waals surface area contributed by atoms with Gasteiger partial charge in [-0.1, -0.05) is 0 Å². The Morgan fingerprint density at radius 2 is 2.29 bits per heavy atom. The minimum Gasteiger partial charge on any atom is -0.461 e. The number of furan rings is 1. The molecule has 1 amide bonds. The van der Waals surface area contributed by atoms with Crippen LogP contribution in [0.3, 0.4) is 0 Å². The van der Waals surface area contributed by atoms with Gasteiger partial charge in [-0.15, -0.1) is 11.3 Å². The molecular weight excluding hydrogens is 288 g/mol. The highest BCUT2D eigenvalue weighted by Gasteiger charge is 2.18. The summed E-state index contributed by atoms with van der Waals surface area (Å²) in [5.41, 5.74) is 6.57. The summed E-state index contributed by atoms with van der Waals surface area (Å²) in [5.74, 6) is -0.00765. The molecule has 3 aromatic heterocycles. The zero-order valence-electron chi connectivity index (χ0n) is 11.2. The van der Waals surface area contributed by atoms with E-state index in [0.29, 0.717) is 23.0 Å². The van der Waals surface area contributed by atoms with Crippen molar-refractivity contribution in [3.63, 3.8) is 0 Å². The van der Waals surface area contributed by atoms with Gasteiger partial charge in [-0.05, 0) is 25.1 Å². The van der Waals surface area contributed by atoms with E-state index in [-0.39, 0.29) is 0 Å². The highest BCUT2D eigenvalue weighted by molar-refractivity contribution is 7.13. The van der Waals surface area contributed by atoms with E-state index in [1.807, 2.05) is 5.38 Å². The number of carbonyl (C=O) groups is 1. The molecule has 7 heteroatoms. The molecule has 2 N–H and O–H groups in total. The molecule has 0 saturated carbocycles. The number of nitrogens with two attached hydrogens (primary N) is 1. The van der Waals surface area contributed by atoms with Gasteiger partial charge in [-0.25, -0.2) is 15.0 Å². The first-order valence-corrected chi connectivity index (χ1v) is 7.15. The van der Waals surface area contributed by atoms with Gasteiger partial charge in [-0.2, -0.15) is 0 Å². The molecule has 0 aliphatic rings. The average molecular weight is 300 g/mol. The zero-order valence-corrected chi connectivity index (χ0v) is 12.0. The molecule has 3 rings (SSSR count). The van der Waals surface area contributed by atoms with E-state index in [1.165, 1.54) is 11.3 Å². The molecule has 0 bridgehead atoms. The van der Waals surface area contributed by atoms with E-state index < -0.39 is 11.8 Å². The van der Waals surface area contributed by atoms with Crippen molar-refractivity contribution in [1.82, 2.24) is 15.0 Å². The Hall–Kier alpha value is -2.54. The molecule has 0 aliphatic heterocycles. The van der Waals surface area contributed by atoms with Crippen molar-refractivity contribution in [2.75, 3.05) is 0 Å². The van der Waals surface area contributed by atoms with Crippen molar-refractivity contribution >= 4 is 17.2 Å². The molecule has 0 aliphatic carbocycles. The predicted octanol–water partition coefficient (Wildman–Crippen LogP) is 2.45. The lowest BCUT2D eigenvalue weighted by atomic mass is 10.1. The number of primary amides is 1. The number of aromatic nitrogens is 3. The Morgan fingerprint density at radius 3 is 2.90 bits per heavy atom. The predicted molar refractivity (Wildman–Crippen MR) is 78.5 cm³/mol. The number of thiazole rings is 1. The Bertz CT molecular complexity index is 701. The monoisotopic (exact) mass is 300 g/mol. The summed E-state index contributed by atoms with van der Waals surface area (Å²) in [7, 11) is 0. The minimum atomic E-state index is -0.513. The molecule has 0 radical (unpaired) electrons. The highest BCUT2D eigenvalue weighted by atomic mass is 32.1. The fourth-order valence-electron chi connectivity index (χ4n) is 1.81. The van der Waals surface area contributed by atoms with Crippen molar-refractivity contribution in [2.45, 2.75) is 12.8 Å². The first-order valence-electron chi connectivity index (χ1n) is 6.27. The van der Waals surface area contributed by atoms with Crippen LogP contribution in [-0.2, 0) is 4.79 Å². The number of hydrogen-bond donors (Lipinski definition) is 1. The third-order valence-corrected chi connectivity index (χ3v) is 3.80. The van der Waals surface area contributed by atoms with Gasteiger partial charge in [-0.3, -0.25) is 4.79 Å². The maximum absolute atomic E-state index is 11.4. The number of carbonyl (C=O) groups excluding carboxylic acids is 1. The van der Waals surface area contributed by atoms with Crippen LogP contribution in [0.5, 0.6) is 0 Å². The van der Waals surface area contributed by atoms with E-state index in [1.54, 1.807) is 37.6 Å². The van der Waals surface area contributed by atoms with E-state index in [2.05, 4.69) is 15.0 Å². The lowest BCUT2D eigenvalue weighted by Gasteiger charge is -2.09. The Balaban J connectivity index is 2.15. The summed E-state index contributed by atoms with van der Waals surface area (Å²) in [5, 5.41) is 2.62. The van der Waals surface area contributed by atoms with Gasteiger partial charge in [0.1, 0.15) is 10.7 Å². The van der Waals surface area contributed by atoms with Crippen LogP contribution in [0.2, 0.25) is 0 Å². The smallest absolute Gasteiger partial charge is 0.226 e. The van der Waals surface area contributed by atoms with Gasteiger partial charge in [0.25, 0.3) is 0 Å². The second kappa shape index (κ2) is 5.45. The Morgan fingerprint density at radius 1 is 1.43 bits per heavy atom. The lowest BCUT2D eigenvalue weighted by molar-refractivity contribution is -0.119. The summed E-state index contributed by atoms with van der Waals surface area (Å²) >= 11 is 1.46. The third-order valence-electron chi connectivity index (χ3n) is 3.01. The summed E-state index contributed by atoms with van der Waals surface area (Å²) < 4.78 is 5.33. The molecule has 6 nitrogen and oxygen atoms in total. The van der Waals surface area contributed by atoms with Gasteiger partial charge >= 0.3 is 0 Å². The van der Waals surface area contributed by atoms with Crippen molar-refractivity contribution in [2.24, 2.45) is 5.73 Å². The molecule has 3 heterocycles. The van der Waals surface area contributed by atoms with Gasteiger partial charge in [0.2, 0.25) is 5.91 Å². The first-order chi connectivity index (χ1) is 10.1. The van der Waals surface area contributed by atoms with Gasteiger partial charge in [0.15, 0.2) is 11.6 Å². The van der Waals surface area contributed by atoms with Crippen LogP contribution < -0.4 is 5.73 Å². The normalized spacial score (nSPS) is 12.2. The fourth-order valence-corrected chi connectivity index (χ4v) is 2.41. The average Bonchev–Trinajstić information content (AvgIpc) is 3.18. The van der Waals surface area contributed by atoms with Gasteiger partial charge < -0.3 is 10.2 Å². The van der Waals surface area contributed by atoms with Crippen LogP contribution in [0.25, 0.3) is 22.3 Å². The number of amides is 1. The number of nitrogens with zero attached hydrogens (tertiary/aromatic N) is 3. The summed E-state index contributed by atoms with van der Waals surface area (Å²) in [6.07, 6.45) is 3.25. The largest absolute Gasteiger partial charge is 0.461 e. The standard InChI is InChI=1S/C14H12N4O2S/c1-8(12(15)19)9-7-10(14-16-4-6-21-14)18-13(17-9)11-3-2-5-20-11/h2-8H,1H3,(H2,15,19). The topological polar surface area (TPSA) is 94.9 Å². The van der Waals surface area contributed by atoms with Crippen LogP contribution in [0.15, 0.2) is 40.5 Å². The van der Waals surface area contributed by atoms with E-state index in [4.69, 9.17) is 10.2 Å². The zero-order chi connectivity index (χ0) is 14.8. The lowest BCUT2D eigenvalue weighted by Crippen LogP contribution is -2.20. The highest BCUT2D eigenvalue weighted by Crippen LogP contribution is 2.26. The van der Waals surface area contributed by atoms with E-state index in [9.17, 15) is 4.79 Å². The molecule has 1 unspecified atom stereocenters. The van der Waals surface area contributed by atoms with E-state index >= 15 is 0 Å². The summed E-state index contributed by atoms with van der Waals surface area (Å²) in [6, 6.07) is 5.26. The van der Waals surface area contributed by atoms with Crippen LogP contribution in [0.1, 0.15) is 18.5 Å². The Kier molecular flexibility index (Phi) is 3.49. The second-order valence-electron chi connectivity index (χ2n) is 4.44. The van der Waals surface area contributed by atoms with Gasteiger partial charge in [0, 0.05) is 11.6 Å². The van der Waals surface area contributed by atoms with Crippen LogP contribution in [0.4, 0.5) is 0 Å². The number of hydrogen-bond acceptors (Lipinski definition) is 6. The van der Waals surface area contributed by atoms with Crippen molar-refractivity contribution in [1.29, 1.82) is 0 Å². The molecule has 0 aromatic carbocycles. The summed E-state index contributed by atoms with van der Waals surface area (Å²) in [4.78, 5) is 24.5. The maximum atomic E-state index is 11.4. The minimum absolute atomic E-state index is 0.413. The van der Waals surface area contributed by atoms with E-state index in [0.717, 1.165) is 5.01 Å². The summed E-state index contributed by atoms with van der Waals surface area (Å²) in [6.45, 7) is 1.71. The first kappa shape index (κ1) is 13.4. The van der Waals surface area contributed by atoms with Crippen molar-refractivity contribution < 1.29 is 9.21 Å². The molecule has 0 fully saturated rings. The van der Waals surface area contributed by atoms with Crippen LogP contribution in [0, 0.1) is 0 Å². The molecule has 0 saturated heterocycles. The molecule has 3 aromatic rings. The quantitative estimate of drug-likeness (QED) is 0.798. The fraction of sp³-hybridized carbons (Fsp3) is 0.143. The molecule has 0 spiro atoms. The van der Waals surface area contributed by atoms with Crippen molar-refractivity contribution in [3.05, 3.63) is 41.7 Å². The maximum Gasteiger partial charge on any atom is 0.226 e. The Labute approximate surface area is 124 Å². The van der Waals surface area contributed by atoms with Gasteiger partial charge in [0.05, 0.1) is 17.9 Å². The molecule has 21 heavy (non-hydrogen) atoms.